The number of ether oxygens (including phenoxy) is 1. The molecule has 4 heteroatoms. The maximum atomic E-state index is 11.3. The lowest BCUT2D eigenvalue weighted by atomic mass is 9.99. The lowest BCUT2D eigenvalue weighted by Gasteiger charge is -2.10. The number of amides is 1. The SMILES string of the molecule is CCOC(=O)NCc1c(C=O)ccc2ccccc12. The van der Waals surface area contributed by atoms with E-state index < -0.39 is 6.09 Å². The van der Waals surface area contributed by atoms with Crippen LogP contribution >= 0.6 is 0 Å². The van der Waals surface area contributed by atoms with Crippen LogP contribution in [0.5, 0.6) is 0 Å². The molecule has 4 nitrogen and oxygen atoms in total. The molecule has 0 saturated heterocycles. The van der Waals surface area contributed by atoms with Gasteiger partial charge in [-0.25, -0.2) is 4.79 Å². The van der Waals surface area contributed by atoms with Crippen LogP contribution in [-0.2, 0) is 11.3 Å². The lowest BCUT2D eigenvalue weighted by molar-refractivity contribution is 0.112. The van der Waals surface area contributed by atoms with Crippen LogP contribution in [0.4, 0.5) is 4.79 Å². The predicted octanol–water partition coefficient (Wildman–Crippen LogP) is 2.90. The Hall–Kier alpha value is -2.36. The van der Waals surface area contributed by atoms with E-state index >= 15 is 0 Å². The van der Waals surface area contributed by atoms with E-state index in [0.717, 1.165) is 22.6 Å². The van der Waals surface area contributed by atoms with E-state index in [1.165, 1.54) is 0 Å². The van der Waals surface area contributed by atoms with E-state index in [9.17, 15) is 9.59 Å². The number of hydrogen-bond donors (Lipinski definition) is 1. The number of aldehydes is 1. The third kappa shape index (κ3) is 2.91. The zero-order chi connectivity index (χ0) is 13.7. The molecule has 19 heavy (non-hydrogen) atoms. The summed E-state index contributed by atoms with van der Waals surface area (Å²) in [5, 5.41) is 4.64. The highest BCUT2D eigenvalue weighted by Crippen LogP contribution is 2.21. The topological polar surface area (TPSA) is 55.4 Å². The number of hydrogen-bond acceptors (Lipinski definition) is 3. The van der Waals surface area contributed by atoms with E-state index in [1.54, 1.807) is 13.0 Å². The Morgan fingerprint density at radius 2 is 2.05 bits per heavy atom. The standard InChI is InChI=1S/C15H15NO3/c1-2-19-15(18)16-9-14-12(10-17)8-7-11-5-3-4-6-13(11)14/h3-8,10H,2,9H2,1H3,(H,16,18). The first-order valence-corrected chi connectivity index (χ1v) is 6.12. The maximum Gasteiger partial charge on any atom is 0.407 e. The molecule has 0 heterocycles. The summed E-state index contributed by atoms with van der Waals surface area (Å²) in [6.07, 6.45) is 0.321. The molecule has 2 aromatic rings. The zero-order valence-corrected chi connectivity index (χ0v) is 10.7. The van der Waals surface area contributed by atoms with Gasteiger partial charge in [0.05, 0.1) is 6.61 Å². The third-order valence-corrected chi connectivity index (χ3v) is 2.89. The Kier molecular flexibility index (Phi) is 4.13. The Labute approximate surface area is 111 Å². The van der Waals surface area contributed by atoms with Crippen molar-refractivity contribution < 1.29 is 14.3 Å². The summed E-state index contributed by atoms with van der Waals surface area (Å²) in [6, 6.07) is 11.4. The summed E-state index contributed by atoms with van der Waals surface area (Å²) in [7, 11) is 0. The van der Waals surface area contributed by atoms with E-state index in [0.29, 0.717) is 12.2 Å². The molecule has 0 aliphatic rings. The van der Waals surface area contributed by atoms with Crippen molar-refractivity contribution in [2.45, 2.75) is 13.5 Å². The molecule has 0 aromatic heterocycles. The Balaban J connectivity index is 2.33. The summed E-state index contributed by atoms with van der Waals surface area (Å²) >= 11 is 0. The highest BCUT2D eigenvalue weighted by Gasteiger charge is 2.08. The third-order valence-electron chi connectivity index (χ3n) is 2.89. The van der Waals surface area contributed by atoms with Gasteiger partial charge in [-0.05, 0) is 23.3 Å². The average molecular weight is 257 g/mol. The minimum Gasteiger partial charge on any atom is -0.450 e. The second-order valence-corrected chi connectivity index (χ2v) is 4.05. The van der Waals surface area contributed by atoms with Crippen molar-refractivity contribution >= 4 is 23.2 Å². The molecule has 0 atom stereocenters. The van der Waals surface area contributed by atoms with Gasteiger partial charge in [-0.15, -0.1) is 0 Å². The van der Waals surface area contributed by atoms with E-state index in [-0.39, 0.29) is 6.54 Å². The van der Waals surface area contributed by atoms with Crippen LogP contribution < -0.4 is 5.32 Å². The van der Waals surface area contributed by atoms with Gasteiger partial charge < -0.3 is 10.1 Å². The van der Waals surface area contributed by atoms with Gasteiger partial charge in [-0.1, -0.05) is 36.4 Å². The summed E-state index contributed by atoms with van der Waals surface area (Å²) in [5.41, 5.74) is 1.39. The quantitative estimate of drug-likeness (QED) is 0.857. The predicted molar refractivity (Wildman–Crippen MR) is 73.2 cm³/mol. The molecule has 0 saturated carbocycles. The highest BCUT2D eigenvalue weighted by atomic mass is 16.5. The van der Waals surface area contributed by atoms with E-state index in [2.05, 4.69) is 5.32 Å². The van der Waals surface area contributed by atoms with Crippen molar-refractivity contribution in [1.29, 1.82) is 0 Å². The molecular weight excluding hydrogens is 242 g/mol. The molecular formula is C15H15NO3. The van der Waals surface area contributed by atoms with Crippen LogP contribution in [0, 0.1) is 0 Å². The van der Waals surface area contributed by atoms with Crippen LogP contribution in [0.2, 0.25) is 0 Å². The molecule has 0 radical (unpaired) electrons. The number of carbonyl (C=O) groups excluding carboxylic acids is 2. The molecule has 0 fully saturated rings. The zero-order valence-electron chi connectivity index (χ0n) is 10.7. The Bertz CT molecular complexity index is 607. The van der Waals surface area contributed by atoms with Gasteiger partial charge in [-0.2, -0.15) is 0 Å². The Morgan fingerprint density at radius 1 is 1.26 bits per heavy atom. The van der Waals surface area contributed by atoms with Crippen LogP contribution in [0.3, 0.4) is 0 Å². The Morgan fingerprint density at radius 3 is 2.79 bits per heavy atom. The molecule has 98 valence electrons. The van der Waals surface area contributed by atoms with Gasteiger partial charge in [0.1, 0.15) is 6.29 Å². The van der Waals surface area contributed by atoms with Gasteiger partial charge in [0.25, 0.3) is 0 Å². The lowest BCUT2D eigenvalue weighted by Crippen LogP contribution is -2.24. The summed E-state index contributed by atoms with van der Waals surface area (Å²) in [4.78, 5) is 22.4. The monoisotopic (exact) mass is 257 g/mol. The van der Waals surface area contributed by atoms with Crippen LogP contribution in [0.25, 0.3) is 10.8 Å². The second-order valence-electron chi connectivity index (χ2n) is 4.05. The van der Waals surface area contributed by atoms with Gasteiger partial charge in [-0.3, -0.25) is 4.79 Å². The van der Waals surface area contributed by atoms with Crippen molar-refractivity contribution in [3.8, 4) is 0 Å². The molecule has 0 unspecified atom stereocenters. The maximum absolute atomic E-state index is 11.3. The molecule has 0 aliphatic heterocycles. The summed E-state index contributed by atoms with van der Waals surface area (Å²) < 4.78 is 4.81. The average Bonchev–Trinajstić information content (AvgIpc) is 2.44. The smallest absolute Gasteiger partial charge is 0.407 e. The highest BCUT2D eigenvalue weighted by molar-refractivity contribution is 5.93. The minimum atomic E-state index is -0.479. The minimum absolute atomic E-state index is 0.272. The number of carbonyl (C=O) groups is 2. The van der Waals surface area contributed by atoms with Crippen molar-refractivity contribution in [3.63, 3.8) is 0 Å². The van der Waals surface area contributed by atoms with Crippen molar-refractivity contribution in [2.75, 3.05) is 6.61 Å². The van der Waals surface area contributed by atoms with Gasteiger partial charge in [0.15, 0.2) is 0 Å². The van der Waals surface area contributed by atoms with E-state index in [1.807, 2.05) is 30.3 Å². The number of benzene rings is 2. The second kappa shape index (κ2) is 6.00. The molecule has 0 spiro atoms. The normalized spacial score (nSPS) is 10.2. The number of rotatable bonds is 4. The van der Waals surface area contributed by atoms with Gasteiger partial charge >= 0.3 is 6.09 Å². The van der Waals surface area contributed by atoms with Crippen molar-refractivity contribution in [3.05, 3.63) is 47.5 Å². The number of fused-ring (bicyclic) bond motifs is 1. The summed E-state index contributed by atoms with van der Waals surface area (Å²) in [5.74, 6) is 0. The first kappa shape index (κ1) is 13.1. The fraction of sp³-hybridized carbons (Fsp3) is 0.200. The number of alkyl carbamates (subject to hydrolysis) is 1. The van der Waals surface area contributed by atoms with Crippen LogP contribution in [0.1, 0.15) is 22.8 Å². The summed E-state index contributed by atoms with van der Waals surface area (Å²) in [6.45, 7) is 2.34. The van der Waals surface area contributed by atoms with Crippen LogP contribution in [-0.4, -0.2) is 19.0 Å². The molecule has 2 aromatic carbocycles. The molecule has 0 bridgehead atoms. The van der Waals surface area contributed by atoms with Gasteiger partial charge in [0.2, 0.25) is 0 Å². The number of nitrogens with one attached hydrogen (secondary N) is 1. The van der Waals surface area contributed by atoms with Crippen molar-refractivity contribution in [1.82, 2.24) is 5.32 Å². The fourth-order valence-electron chi connectivity index (χ4n) is 2.00. The molecule has 2 rings (SSSR count). The molecule has 0 aliphatic carbocycles. The first-order chi connectivity index (χ1) is 9.26. The molecule has 1 amide bonds. The first-order valence-electron chi connectivity index (χ1n) is 6.12. The fourth-order valence-corrected chi connectivity index (χ4v) is 2.00. The van der Waals surface area contributed by atoms with Crippen LogP contribution in [0.15, 0.2) is 36.4 Å². The van der Waals surface area contributed by atoms with Crippen molar-refractivity contribution in [2.24, 2.45) is 0 Å². The van der Waals surface area contributed by atoms with E-state index in [4.69, 9.17) is 4.74 Å². The largest absolute Gasteiger partial charge is 0.450 e. The van der Waals surface area contributed by atoms with Gasteiger partial charge in [0, 0.05) is 12.1 Å². The molecule has 1 N–H and O–H groups in total.